The van der Waals surface area contributed by atoms with Crippen molar-refractivity contribution in [1.29, 1.82) is 5.41 Å². The van der Waals surface area contributed by atoms with E-state index in [4.69, 9.17) is 5.41 Å². The van der Waals surface area contributed by atoms with E-state index in [1.165, 1.54) is 0 Å². The predicted octanol–water partition coefficient (Wildman–Crippen LogP) is 1.77. The third-order valence-electron chi connectivity index (χ3n) is 1.46. The van der Waals surface area contributed by atoms with Crippen molar-refractivity contribution in [2.75, 3.05) is 0 Å². The fraction of sp³-hybridized carbons (Fsp3) is 0. The number of Topliss-reactive ketones (excluding diaryl/α,β-unsaturated/α-hetero) is 1. The first-order valence-electron chi connectivity index (χ1n) is 3.52. The molecule has 0 amide bonds. The summed E-state index contributed by atoms with van der Waals surface area (Å²) in [4.78, 5) is 21.4. The van der Waals surface area contributed by atoms with Gasteiger partial charge in [0.05, 0.1) is 0 Å². The minimum Gasteiger partial charge on any atom is -0.286 e. The van der Waals surface area contributed by atoms with Crippen LogP contribution in [0.15, 0.2) is 41.2 Å². The molecule has 0 spiro atoms. The first-order valence-corrected chi connectivity index (χ1v) is 3.52. The van der Waals surface area contributed by atoms with E-state index in [-0.39, 0.29) is 0 Å². The molecule has 1 rings (SSSR count). The van der Waals surface area contributed by atoms with Crippen LogP contribution in [0.4, 0.5) is 0 Å². The predicted molar refractivity (Wildman–Crippen MR) is 47.8 cm³/mol. The van der Waals surface area contributed by atoms with Gasteiger partial charge < -0.3 is 0 Å². The topological polar surface area (TPSA) is 70.3 Å². The molecule has 0 aliphatic carbocycles. The molecule has 4 heteroatoms. The van der Waals surface area contributed by atoms with Crippen LogP contribution in [0.25, 0.3) is 0 Å². The average Bonchev–Trinajstić information content (AvgIpc) is 2.21. The molecule has 1 aromatic rings. The SMILES string of the molecule is N=C=C(N=O)C(=O)c1ccccc1. The van der Waals surface area contributed by atoms with Crippen molar-refractivity contribution in [2.24, 2.45) is 5.18 Å². The number of nitrogens with zero attached hydrogens (tertiary/aromatic N) is 1. The summed E-state index contributed by atoms with van der Waals surface area (Å²) >= 11 is 0. The van der Waals surface area contributed by atoms with Crippen molar-refractivity contribution in [3.63, 3.8) is 0 Å². The lowest BCUT2D eigenvalue weighted by atomic mass is 10.1. The van der Waals surface area contributed by atoms with E-state index >= 15 is 0 Å². The monoisotopic (exact) mass is 174 g/mol. The van der Waals surface area contributed by atoms with Gasteiger partial charge in [-0.15, -0.1) is 4.91 Å². The minimum atomic E-state index is -0.578. The minimum absolute atomic E-state index is 0.330. The van der Waals surface area contributed by atoms with Gasteiger partial charge in [0.25, 0.3) is 0 Å². The van der Waals surface area contributed by atoms with Crippen molar-refractivity contribution < 1.29 is 4.79 Å². The van der Waals surface area contributed by atoms with E-state index in [1.807, 2.05) is 0 Å². The van der Waals surface area contributed by atoms with E-state index in [1.54, 1.807) is 36.2 Å². The van der Waals surface area contributed by atoms with Crippen molar-refractivity contribution in [3.8, 4) is 0 Å². The first kappa shape index (κ1) is 9.03. The number of rotatable bonds is 3. The summed E-state index contributed by atoms with van der Waals surface area (Å²) in [6.07, 6.45) is 0. The molecule has 0 atom stereocenters. The molecule has 0 radical (unpaired) electrons. The van der Waals surface area contributed by atoms with Crippen molar-refractivity contribution >= 4 is 11.7 Å². The number of ketones is 1. The zero-order valence-electron chi connectivity index (χ0n) is 6.65. The number of hydrogen-bond donors (Lipinski definition) is 1. The molecule has 64 valence electrons. The van der Waals surface area contributed by atoms with Gasteiger partial charge in [-0.1, -0.05) is 30.3 Å². The Balaban J connectivity index is 3.05. The van der Waals surface area contributed by atoms with Crippen LogP contribution >= 0.6 is 0 Å². The van der Waals surface area contributed by atoms with Crippen molar-refractivity contribution in [2.45, 2.75) is 0 Å². The summed E-state index contributed by atoms with van der Waals surface area (Å²) in [6, 6.07) is 8.17. The number of allylic oxidation sites excluding steroid dienone is 1. The van der Waals surface area contributed by atoms with Crippen molar-refractivity contribution in [1.82, 2.24) is 0 Å². The molecule has 4 nitrogen and oxygen atoms in total. The van der Waals surface area contributed by atoms with Gasteiger partial charge in [0.2, 0.25) is 11.5 Å². The quantitative estimate of drug-likeness (QED) is 0.328. The van der Waals surface area contributed by atoms with Crippen LogP contribution in [0.3, 0.4) is 0 Å². The third-order valence-corrected chi connectivity index (χ3v) is 1.46. The molecule has 0 aliphatic heterocycles. The number of nitroso groups, excluding NO2 is 1. The van der Waals surface area contributed by atoms with Crippen LogP contribution in [0.2, 0.25) is 0 Å². The Morgan fingerprint density at radius 1 is 1.31 bits per heavy atom. The smallest absolute Gasteiger partial charge is 0.224 e. The van der Waals surface area contributed by atoms with Gasteiger partial charge >= 0.3 is 0 Å². The number of carbonyl (C=O) groups excluding carboxylic acids is 1. The standard InChI is InChI=1S/C9H6N2O2/c10-6-8(11-13)9(12)7-4-2-1-3-5-7/h1-5,10H. The molecule has 1 N–H and O–H groups in total. The molecule has 0 saturated heterocycles. The van der Waals surface area contributed by atoms with Crippen LogP contribution in [0.5, 0.6) is 0 Å². The lowest BCUT2D eigenvalue weighted by molar-refractivity contribution is 0.103. The van der Waals surface area contributed by atoms with E-state index in [0.29, 0.717) is 5.56 Å². The molecule has 0 fully saturated rings. The molecule has 13 heavy (non-hydrogen) atoms. The van der Waals surface area contributed by atoms with Crippen LogP contribution in [0.1, 0.15) is 10.4 Å². The average molecular weight is 174 g/mol. The Morgan fingerprint density at radius 3 is 2.38 bits per heavy atom. The van der Waals surface area contributed by atoms with Crippen LogP contribution in [-0.4, -0.2) is 11.7 Å². The zero-order valence-corrected chi connectivity index (χ0v) is 6.65. The lowest BCUT2D eigenvalue weighted by Gasteiger charge is -1.94. The maximum atomic E-state index is 11.3. The molecule has 0 heterocycles. The van der Waals surface area contributed by atoms with E-state index in [0.717, 1.165) is 0 Å². The van der Waals surface area contributed by atoms with E-state index in [2.05, 4.69) is 5.18 Å². The molecule has 0 unspecified atom stereocenters. The van der Waals surface area contributed by atoms with Crippen LogP contribution in [-0.2, 0) is 0 Å². The summed E-state index contributed by atoms with van der Waals surface area (Å²) in [5.41, 5.74) is -0.178. The van der Waals surface area contributed by atoms with Gasteiger partial charge in [0.1, 0.15) is 0 Å². The Bertz CT molecular complexity index is 378. The summed E-state index contributed by atoms with van der Waals surface area (Å²) < 4.78 is 0. The van der Waals surface area contributed by atoms with Crippen LogP contribution < -0.4 is 0 Å². The highest BCUT2D eigenvalue weighted by atomic mass is 16.3. The summed E-state index contributed by atoms with van der Waals surface area (Å²) in [5.74, 6) is 1.11. The highest BCUT2D eigenvalue weighted by Gasteiger charge is 2.11. The van der Waals surface area contributed by atoms with Crippen molar-refractivity contribution in [3.05, 3.63) is 46.5 Å². The van der Waals surface area contributed by atoms with Gasteiger partial charge in [0.15, 0.2) is 0 Å². The first-order chi connectivity index (χ1) is 6.29. The van der Waals surface area contributed by atoms with E-state index < -0.39 is 11.5 Å². The second-order valence-corrected chi connectivity index (χ2v) is 2.26. The van der Waals surface area contributed by atoms with Gasteiger partial charge in [-0.25, -0.2) is 0 Å². The Kier molecular flexibility index (Phi) is 2.84. The Morgan fingerprint density at radius 2 is 1.92 bits per heavy atom. The zero-order chi connectivity index (χ0) is 9.68. The Hall–Kier alpha value is -2.06. The highest BCUT2D eigenvalue weighted by Crippen LogP contribution is 2.06. The molecule has 0 bridgehead atoms. The number of carbonyl (C=O) groups is 1. The highest BCUT2D eigenvalue weighted by molar-refractivity contribution is 6.12. The largest absolute Gasteiger partial charge is 0.286 e. The normalized spacial score (nSPS) is 8.62. The molecule has 0 aliphatic rings. The molecular weight excluding hydrogens is 168 g/mol. The third kappa shape index (κ3) is 1.95. The fourth-order valence-corrected chi connectivity index (χ4v) is 0.847. The van der Waals surface area contributed by atoms with Crippen LogP contribution in [0, 0.1) is 10.3 Å². The molecular formula is C9H6N2O2. The lowest BCUT2D eigenvalue weighted by Crippen LogP contribution is -2.00. The van der Waals surface area contributed by atoms with Gasteiger partial charge in [-0.3, -0.25) is 10.2 Å². The fourth-order valence-electron chi connectivity index (χ4n) is 0.847. The molecule has 0 aromatic heterocycles. The number of hydrogen-bond acceptors (Lipinski definition) is 4. The summed E-state index contributed by atoms with van der Waals surface area (Å²) in [6.45, 7) is 0. The summed E-state index contributed by atoms with van der Waals surface area (Å²) in [7, 11) is 0. The number of benzene rings is 1. The maximum Gasteiger partial charge on any atom is 0.224 e. The Labute approximate surface area is 74.4 Å². The van der Waals surface area contributed by atoms with Gasteiger partial charge in [0, 0.05) is 11.4 Å². The van der Waals surface area contributed by atoms with Gasteiger partial charge in [-0.2, -0.15) is 0 Å². The summed E-state index contributed by atoms with van der Waals surface area (Å²) in [5, 5.41) is 9.04. The maximum absolute atomic E-state index is 11.3. The second kappa shape index (κ2) is 4.09. The number of nitrogens with one attached hydrogen (secondary N) is 1. The second-order valence-electron chi connectivity index (χ2n) is 2.26. The molecule has 0 saturated carbocycles. The van der Waals surface area contributed by atoms with E-state index in [9.17, 15) is 9.70 Å². The van der Waals surface area contributed by atoms with Gasteiger partial charge in [-0.05, 0) is 5.18 Å². The molecule has 1 aromatic carbocycles.